The van der Waals surface area contributed by atoms with Crippen LogP contribution in [0.25, 0.3) is 0 Å². The van der Waals surface area contributed by atoms with Gasteiger partial charge >= 0.3 is 5.97 Å². The minimum Gasteiger partial charge on any atom is -0.452 e. The van der Waals surface area contributed by atoms with Gasteiger partial charge in [-0.05, 0) is 42.8 Å². The molecule has 0 saturated carbocycles. The van der Waals surface area contributed by atoms with Gasteiger partial charge in [0, 0.05) is 9.50 Å². The summed E-state index contributed by atoms with van der Waals surface area (Å²) in [4.78, 5) is 23.7. The lowest BCUT2D eigenvalue weighted by Gasteiger charge is -2.15. The predicted molar refractivity (Wildman–Crippen MR) is 92.4 cm³/mol. The van der Waals surface area contributed by atoms with Gasteiger partial charge in [0.25, 0.3) is 5.91 Å². The molecule has 1 N–H and O–H groups in total. The van der Waals surface area contributed by atoms with Gasteiger partial charge in [-0.15, -0.1) is 0 Å². The fourth-order valence-electron chi connectivity index (χ4n) is 1.99. The van der Waals surface area contributed by atoms with E-state index in [2.05, 4.69) is 21.2 Å². The van der Waals surface area contributed by atoms with E-state index >= 15 is 0 Å². The molecule has 120 valence electrons. The second-order valence-electron chi connectivity index (χ2n) is 4.89. The Kier molecular flexibility index (Phi) is 6.19. The van der Waals surface area contributed by atoms with Crippen LogP contribution in [-0.2, 0) is 9.53 Å². The standard InChI is InChI=1S/C17H15BrClNO3/c1-11(14-4-2-3-5-15(14)19)20-16(21)10-23-17(22)12-6-8-13(18)9-7-12/h2-9,11H,10H2,1H3,(H,20,21)/t11-/m0/s1. The molecule has 0 aliphatic rings. The smallest absolute Gasteiger partial charge is 0.338 e. The van der Waals surface area contributed by atoms with Crippen molar-refractivity contribution in [3.05, 3.63) is 69.2 Å². The summed E-state index contributed by atoms with van der Waals surface area (Å²) in [6, 6.07) is 13.7. The molecule has 0 bridgehead atoms. The maximum Gasteiger partial charge on any atom is 0.338 e. The number of benzene rings is 2. The van der Waals surface area contributed by atoms with Crippen LogP contribution in [0.2, 0.25) is 5.02 Å². The molecular formula is C17H15BrClNO3. The third-order valence-electron chi connectivity index (χ3n) is 3.16. The van der Waals surface area contributed by atoms with Crippen molar-refractivity contribution in [2.45, 2.75) is 13.0 Å². The third kappa shape index (κ3) is 5.08. The molecule has 6 heteroatoms. The topological polar surface area (TPSA) is 55.4 Å². The molecule has 0 saturated heterocycles. The van der Waals surface area contributed by atoms with Crippen molar-refractivity contribution in [2.75, 3.05) is 6.61 Å². The summed E-state index contributed by atoms with van der Waals surface area (Å²) >= 11 is 9.37. The van der Waals surface area contributed by atoms with Gasteiger partial charge in [-0.25, -0.2) is 4.79 Å². The molecule has 0 heterocycles. The highest BCUT2D eigenvalue weighted by atomic mass is 79.9. The van der Waals surface area contributed by atoms with Crippen LogP contribution >= 0.6 is 27.5 Å². The summed E-state index contributed by atoms with van der Waals surface area (Å²) in [7, 11) is 0. The first-order valence-corrected chi connectivity index (χ1v) is 8.11. The SMILES string of the molecule is C[C@H](NC(=O)COC(=O)c1ccc(Br)cc1)c1ccccc1Cl. The lowest BCUT2D eigenvalue weighted by atomic mass is 10.1. The molecule has 0 unspecified atom stereocenters. The van der Waals surface area contributed by atoms with Gasteiger partial charge in [0.15, 0.2) is 6.61 Å². The van der Waals surface area contributed by atoms with Crippen LogP contribution in [0, 0.1) is 0 Å². The lowest BCUT2D eigenvalue weighted by Crippen LogP contribution is -2.31. The molecule has 2 aromatic rings. The molecule has 0 aliphatic carbocycles. The normalized spacial score (nSPS) is 11.6. The second-order valence-corrected chi connectivity index (χ2v) is 6.22. The fraction of sp³-hybridized carbons (Fsp3) is 0.176. The second kappa shape index (κ2) is 8.13. The van der Waals surface area contributed by atoms with E-state index in [1.54, 1.807) is 30.3 Å². The van der Waals surface area contributed by atoms with E-state index in [9.17, 15) is 9.59 Å². The molecule has 23 heavy (non-hydrogen) atoms. The summed E-state index contributed by atoms with van der Waals surface area (Å²) in [6.45, 7) is 1.47. The predicted octanol–water partition coefficient (Wildman–Crippen LogP) is 4.14. The number of hydrogen-bond acceptors (Lipinski definition) is 3. The minimum atomic E-state index is -0.543. The number of esters is 1. The van der Waals surface area contributed by atoms with Crippen molar-refractivity contribution in [1.29, 1.82) is 0 Å². The molecule has 2 rings (SSSR count). The van der Waals surface area contributed by atoms with E-state index < -0.39 is 5.97 Å². The van der Waals surface area contributed by atoms with Crippen LogP contribution in [0.4, 0.5) is 0 Å². The van der Waals surface area contributed by atoms with Crippen LogP contribution in [0.3, 0.4) is 0 Å². The Labute approximate surface area is 147 Å². The van der Waals surface area contributed by atoms with Crippen molar-refractivity contribution in [3.8, 4) is 0 Å². The molecule has 0 aromatic heterocycles. The Hall–Kier alpha value is -1.85. The Balaban J connectivity index is 1.86. The van der Waals surface area contributed by atoms with Gasteiger partial charge in [0.1, 0.15) is 0 Å². The molecule has 4 nitrogen and oxygen atoms in total. The summed E-state index contributed by atoms with van der Waals surface area (Å²) in [5, 5.41) is 3.32. The first kappa shape index (κ1) is 17.5. The number of halogens is 2. The number of rotatable bonds is 5. The summed E-state index contributed by atoms with van der Waals surface area (Å²) in [5.41, 5.74) is 1.20. The Morgan fingerprint density at radius 3 is 2.48 bits per heavy atom. The fourth-order valence-corrected chi connectivity index (χ4v) is 2.55. The van der Waals surface area contributed by atoms with Crippen molar-refractivity contribution in [1.82, 2.24) is 5.32 Å². The van der Waals surface area contributed by atoms with Crippen molar-refractivity contribution in [3.63, 3.8) is 0 Å². The lowest BCUT2D eigenvalue weighted by molar-refractivity contribution is -0.124. The molecule has 0 spiro atoms. The molecule has 2 aromatic carbocycles. The van der Waals surface area contributed by atoms with Crippen LogP contribution < -0.4 is 5.32 Å². The Bertz CT molecular complexity index is 703. The third-order valence-corrected chi connectivity index (χ3v) is 4.04. The molecule has 1 atom stereocenters. The number of ether oxygens (including phenoxy) is 1. The Morgan fingerprint density at radius 1 is 1.17 bits per heavy atom. The average molecular weight is 397 g/mol. The zero-order valence-electron chi connectivity index (χ0n) is 12.4. The van der Waals surface area contributed by atoms with Crippen molar-refractivity contribution < 1.29 is 14.3 Å². The average Bonchev–Trinajstić information content (AvgIpc) is 2.53. The van der Waals surface area contributed by atoms with E-state index in [0.29, 0.717) is 10.6 Å². The highest BCUT2D eigenvalue weighted by Gasteiger charge is 2.14. The number of hydrogen-bond donors (Lipinski definition) is 1. The first-order valence-electron chi connectivity index (χ1n) is 6.94. The van der Waals surface area contributed by atoms with Gasteiger partial charge in [-0.2, -0.15) is 0 Å². The van der Waals surface area contributed by atoms with Gasteiger partial charge in [-0.3, -0.25) is 4.79 Å². The van der Waals surface area contributed by atoms with Crippen LogP contribution in [0.1, 0.15) is 28.9 Å². The van der Waals surface area contributed by atoms with Crippen LogP contribution in [0.15, 0.2) is 53.0 Å². The monoisotopic (exact) mass is 395 g/mol. The highest BCUT2D eigenvalue weighted by molar-refractivity contribution is 9.10. The number of carbonyl (C=O) groups is 2. The molecule has 0 aliphatic heterocycles. The van der Waals surface area contributed by atoms with E-state index in [1.807, 2.05) is 25.1 Å². The zero-order valence-corrected chi connectivity index (χ0v) is 14.7. The van der Waals surface area contributed by atoms with Gasteiger partial charge in [-0.1, -0.05) is 45.7 Å². The van der Waals surface area contributed by atoms with Gasteiger partial charge in [0.05, 0.1) is 11.6 Å². The molecular weight excluding hydrogens is 382 g/mol. The van der Waals surface area contributed by atoms with E-state index in [-0.39, 0.29) is 18.6 Å². The minimum absolute atomic E-state index is 0.275. The van der Waals surface area contributed by atoms with E-state index in [1.165, 1.54) is 0 Å². The quantitative estimate of drug-likeness (QED) is 0.773. The number of amides is 1. The first-order chi connectivity index (χ1) is 11.0. The summed E-state index contributed by atoms with van der Waals surface area (Å²) < 4.78 is 5.86. The number of nitrogens with one attached hydrogen (secondary N) is 1. The van der Waals surface area contributed by atoms with E-state index in [0.717, 1.165) is 10.0 Å². The molecule has 1 amide bonds. The van der Waals surface area contributed by atoms with Crippen LogP contribution in [-0.4, -0.2) is 18.5 Å². The summed E-state index contributed by atoms with van der Waals surface area (Å²) in [5.74, 6) is -0.930. The maximum absolute atomic E-state index is 11.9. The van der Waals surface area contributed by atoms with Crippen LogP contribution in [0.5, 0.6) is 0 Å². The largest absolute Gasteiger partial charge is 0.452 e. The molecule has 0 fully saturated rings. The van der Waals surface area contributed by atoms with E-state index in [4.69, 9.17) is 16.3 Å². The highest BCUT2D eigenvalue weighted by Crippen LogP contribution is 2.21. The molecule has 0 radical (unpaired) electrons. The van der Waals surface area contributed by atoms with Gasteiger partial charge < -0.3 is 10.1 Å². The summed E-state index contributed by atoms with van der Waals surface area (Å²) in [6.07, 6.45) is 0. The van der Waals surface area contributed by atoms with Gasteiger partial charge in [0.2, 0.25) is 0 Å². The van der Waals surface area contributed by atoms with Crippen molar-refractivity contribution in [2.24, 2.45) is 0 Å². The zero-order chi connectivity index (χ0) is 16.8. The maximum atomic E-state index is 11.9. The Morgan fingerprint density at radius 2 is 1.83 bits per heavy atom. The van der Waals surface area contributed by atoms with Crippen molar-refractivity contribution >= 4 is 39.4 Å². The number of carbonyl (C=O) groups excluding carboxylic acids is 2.